The third-order valence-corrected chi connectivity index (χ3v) is 3.58. The van der Waals surface area contributed by atoms with Crippen molar-refractivity contribution in [2.45, 2.75) is 38.3 Å². The van der Waals surface area contributed by atoms with E-state index in [0.29, 0.717) is 18.2 Å². The summed E-state index contributed by atoms with van der Waals surface area (Å²) in [6, 6.07) is 8.31. The van der Waals surface area contributed by atoms with Crippen LogP contribution in [0, 0.1) is 11.3 Å². The second-order valence-corrected chi connectivity index (χ2v) is 5.59. The Labute approximate surface area is 124 Å². The SMILES string of the molecule is CCOC(=O)CSc1ccc(CNC(C)C)cc1C#N. The topological polar surface area (TPSA) is 62.1 Å². The Kier molecular flexibility index (Phi) is 7.13. The van der Waals surface area contributed by atoms with Crippen LogP contribution in [0.25, 0.3) is 0 Å². The number of ether oxygens (including phenoxy) is 1. The lowest BCUT2D eigenvalue weighted by Crippen LogP contribution is -2.21. The van der Waals surface area contributed by atoms with Gasteiger partial charge in [-0.3, -0.25) is 4.79 Å². The summed E-state index contributed by atoms with van der Waals surface area (Å²) in [5.74, 6) is -0.0292. The normalized spacial score (nSPS) is 10.3. The molecule has 0 atom stereocenters. The summed E-state index contributed by atoms with van der Waals surface area (Å²) >= 11 is 1.34. The maximum Gasteiger partial charge on any atom is 0.316 e. The molecule has 1 aromatic carbocycles. The van der Waals surface area contributed by atoms with E-state index in [1.165, 1.54) is 11.8 Å². The summed E-state index contributed by atoms with van der Waals surface area (Å²) in [7, 11) is 0. The summed E-state index contributed by atoms with van der Waals surface area (Å²) in [6.45, 7) is 7.04. The lowest BCUT2D eigenvalue weighted by atomic mass is 10.1. The van der Waals surface area contributed by atoms with Gasteiger partial charge in [0.25, 0.3) is 0 Å². The highest BCUT2D eigenvalue weighted by Crippen LogP contribution is 2.23. The first-order chi connectivity index (χ1) is 9.56. The van der Waals surface area contributed by atoms with Gasteiger partial charge >= 0.3 is 5.97 Å². The summed E-state index contributed by atoms with van der Waals surface area (Å²) in [4.78, 5) is 12.1. The van der Waals surface area contributed by atoms with Gasteiger partial charge in [0.2, 0.25) is 0 Å². The predicted octanol–water partition coefficient (Wildman–Crippen LogP) is 2.71. The fourth-order valence-corrected chi connectivity index (χ4v) is 2.34. The van der Waals surface area contributed by atoms with E-state index in [-0.39, 0.29) is 11.7 Å². The van der Waals surface area contributed by atoms with E-state index < -0.39 is 0 Å². The molecule has 0 spiro atoms. The number of carbonyl (C=O) groups excluding carboxylic acids is 1. The Bertz CT molecular complexity index is 495. The second kappa shape index (κ2) is 8.62. The molecule has 1 N–H and O–H groups in total. The molecule has 5 heteroatoms. The third kappa shape index (κ3) is 5.64. The van der Waals surface area contributed by atoms with E-state index in [9.17, 15) is 10.1 Å². The minimum Gasteiger partial charge on any atom is -0.465 e. The van der Waals surface area contributed by atoms with Crippen LogP contribution in [0.4, 0.5) is 0 Å². The van der Waals surface area contributed by atoms with Crippen molar-refractivity contribution in [2.24, 2.45) is 0 Å². The molecular formula is C15H20N2O2S. The number of esters is 1. The molecule has 1 rings (SSSR count). The molecule has 0 bridgehead atoms. The second-order valence-electron chi connectivity index (χ2n) is 4.57. The maximum atomic E-state index is 11.3. The number of nitriles is 1. The number of benzene rings is 1. The molecule has 4 nitrogen and oxygen atoms in total. The summed E-state index contributed by atoms with van der Waals surface area (Å²) < 4.78 is 4.87. The highest BCUT2D eigenvalue weighted by molar-refractivity contribution is 8.00. The molecule has 0 amide bonds. The maximum absolute atomic E-state index is 11.3. The lowest BCUT2D eigenvalue weighted by molar-refractivity contribution is -0.139. The zero-order valence-corrected chi connectivity index (χ0v) is 12.9. The largest absolute Gasteiger partial charge is 0.465 e. The van der Waals surface area contributed by atoms with Crippen molar-refractivity contribution >= 4 is 17.7 Å². The number of hydrogen-bond donors (Lipinski definition) is 1. The predicted molar refractivity (Wildman–Crippen MR) is 80.5 cm³/mol. The molecule has 108 valence electrons. The van der Waals surface area contributed by atoms with Crippen molar-refractivity contribution in [1.29, 1.82) is 5.26 Å². The Hall–Kier alpha value is -1.51. The molecule has 20 heavy (non-hydrogen) atoms. The van der Waals surface area contributed by atoms with Crippen molar-refractivity contribution in [3.63, 3.8) is 0 Å². The van der Waals surface area contributed by atoms with Gasteiger partial charge in [-0.1, -0.05) is 19.9 Å². The Morgan fingerprint density at radius 3 is 2.85 bits per heavy atom. The van der Waals surface area contributed by atoms with Gasteiger partial charge in [-0.05, 0) is 24.6 Å². The Morgan fingerprint density at radius 1 is 1.50 bits per heavy atom. The first-order valence-corrected chi connectivity index (χ1v) is 7.60. The molecule has 1 aromatic rings. The molecule has 0 radical (unpaired) electrons. The molecule has 0 aliphatic carbocycles. The number of nitrogens with one attached hydrogen (secondary N) is 1. The highest BCUT2D eigenvalue weighted by atomic mass is 32.2. The van der Waals surface area contributed by atoms with Crippen molar-refractivity contribution in [3.05, 3.63) is 29.3 Å². The van der Waals surface area contributed by atoms with Crippen LogP contribution in [-0.2, 0) is 16.1 Å². The van der Waals surface area contributed by atoms with Crippen molar-refractivity contribution < 1.29 is 9.53 Å². The summed E-state index contributed by atoms with van der Waals surface area (Å²) in [6.07, 6.45) is 0. The minimum absolute atomic E-state index is 0.228. The zero-order valence-electron chi connectivity index (χ0n) is 12.1. The fraction of sp³-hybridized carbons (Fsp3) is 0.467. The van der Waals surface area contributed by atoms with E-state index in [1.54, 1.807) is 6.92 Å². The van der Waals surface area contributed by atoms with Crippen LogP contribution in [0.2, 0.25) is 0 Å². The molecular weight excluding hydrogens is 272 g/mol. The van der Waals surface area contributed by atoms with Crippen LogP contribution in [0.3, 0.4) is 0 Å². The van der Waals surface area contributed by atoms with Crippen LogP contribution < -0.4 is 5.32 Å². The van der Waals surface area contributed by atoms with E-state index >= 15 is 0 Å². The van der Waals surface area contributed by atoms with Crippen LogP contribution in [-0.4, -0.2) is 24.4 Å². The molecule has 0 saturated carbocycles. The average molecular weight is 292 g/mol. The van der Waals surface area contributed by atoms with Crippen LogP contribution in [0.15, 0.2) is 23.1 Å². The van der Waals surface area contributed by atoms with Crippen molar-refractivity contribution in [3.8, 4) is 6.07 Å². The highest BCUT2D eigenvalue weighted by Gasteiger charge is 2.08. The van der Waals surface area contributed by atoms with Gasteiger partial charge in [0.1, 0.15) is 6.07 Å². The Morgan fingerprint density at radius 2 is 2.25 bits per heavy atom. The summed E-state index contributed by atoms with van der Waals surface area (Å²) in [5.41, 5.74) is 1.66. The standard InChI is InChI=1S/C15H20N2O2S/c1-4-19-15(18)10-20-14-6-5-12(7-13(14)8-16)9-17-11(2)3/h5-7,11,17H,4,9-10H2,1-3H3. The summed E-state index contributed by atoms with van der Waals surface area (Å²) in [5, 5.41) is 12.5. The quantitative estimate of drug-likeness (QED) is 0.618. The van der Waals surface area contributed by atoms with Gasteiger partial charge in [-0.2, -0.15) is 5.26 Å². The van der Waals surface area contributed by atoms with Gasteiger partial charge in [-0.25, -0.2) is 0 Å². The molecule has 0 fully saturated rings. The minimum atomic E-state index is -0.257. The van der Waals surface area contributed by atoms with Gasteiger partial charge in [0, 0.05) is 17.5 Å². The molecule has 0 unspecified atom stereocenters. The molecule has 0 heterocycles. The fourth-order valence-electron chi connectivity index (χ4n) is 1.56. The molecule has 0 aliphatic heterocycles. The molecule has 0 saturated heterocycles. The Balaban J connectivity index is 2.68. The van der Waals surface area contributed by atoms with Crippen LogP contribution >= 0.6 is 11.8 Å². The molecule has 0 aromatic heterocycles. The first-order valence-electron chi connectivity index (χ1n) is 6.61. The average Bonchev–Trinajstić information content (AvgIpc) is 2.43. The van der Waals surface area contributed by atoms with E-state index in [2.05, 4.69) is 25.2 Å². The number of thioether (sulfide) groups is 1. The number of carbonyl (C=O) groups is 1. The number of nitrogens with zero attached hydrogens (tertiary/aromatic N) is 1. The smallest absolute Gasteiger partial charge is 0.316 e. The van der Waals surface area contributed by atoms with Crippen molar-refractivity contribution in [1.82, 2.24) is 5.32 Å². The zero-order chi connectivity index (χ0) is 15.0. The van der Waals surface area contributed by atoms with E-state index in [1.807, 2.05) is 18.2 Å². The van der Waals surface area contributed by atoms with E-state index in [4.69, 9.17) is 4.74 Å². The number of hydrogen-bond acceptors (Lipinski definition) is 5. The lowest BCUT2D eigenvalue weighted by Gasteiger charge is -2.10. The van der Waals surface area contributed by atoms with Gasteiger partial charge in [-0.15, -0.1) is 11.8 Å². The monoisotopic (exact) mass is 292 g/mol. The first kappa shape index (κ1) is 16.5. The molecule has 0 aliphatic rings. The van der Waals surface area contributed by atoms with Gasteiger partial charge < -0.3 is 10.1 Å². The van der Waals surface area contributed by atoms with Gasteiger partial charge in [0.05, 0.1) is 17.9 Å². The number of rotatable bonds is 7. The van der Waals surface area contributed by atoms with E-state index in [0.717, 1.165) is 17.0 Å². The third-order valence-electron chi connectivity index (χ3n) is 2.53. The van der Waals surface area contributed by atoms with Gasteiger partial charge in [0.15, 0.2) is 0 Å². The van der Waals surface area contributed by atoms with Crippen LogP contribution in [0.5, 0.6) is 0 Å². The van der Waals surface area contributed by atoms with Crippen molar-refractivity contribution in [2.75, 3.05) is 12.4 Å². The van der Waals surface area contributed by atoms with Crippen LogP contribution in [0.1, 0.15) is 31.9 Å².